The molecule has 0 aliphatic carbocycles. The van der Waals surface area contributed by atoms with Gasteiger partial charge in [0.2, 0.25) is 0 Å². The highest BCUT2D eigenvalue weighted by Crippen LogP contribution is 2.08. The van der Waals surface area contributed by atoms with Crippen LogP contribution in [0.3, 0.4) is 0 Å². The maximum Gasteiger partial charge on any atom is 0.259 e. The van der Waals surface area contributed by atoms with Crippen LogP contribution in [0.5, 0.6) is 0 Å². The fraction of sp³-hybridized carbons (Fsp3) is 0.556. The molecular formula is C9H17N5O3S. The number of amidine groups is 1. The highest BCUT2D eigenvalue weighted by atomic mass is 32.2. The Kier molecular flexibility index (Phi) is 4.68. The van der Waals surface area contributed by atoms with Crippen molar-refractivity contribution < 1.29 is 13.6 Å². The molecule has 0 aliphatic rings. The summed E-state index contributed by atoms with van der Waals surface area (Å²) in [4.78, 5) is 3.97. The lowest BCUT2D eigenvalue weighted by Crippen LogP contribution is -2.28. The number of oxime groups is 1. The Morgan fingerprint density at radius 3 is 2.83 bits per heavy atom. The second kappa shape index (κ2) is 5.83. The van der Waals surface area contributed by atoms with Gasteiger partial charge in [0.15, 0.2) is 5.03 Å². The van der Waals surface area contributed by atoms with E-state index in [1.165, 1.54) is 6.20 Å². The monoisotopic (exact) mass is 275 g/mol. The van der Waals surface area contributed by atoms with E-state index in [1.54, 1.807) is 11.5 Å². The predicted molar refractivity (Wildman–Crippen MR) is 65.9 cm³/mol. The SMILES string of the molecule is CCn1cc(S(=O)(=O)NCCC(N)=NO)nc1C. The molecule has 0 fully saturated rings. The van der Waals surface area contributed by atoms with Gasteiger partial charge in [0, 0.05) is 25.7 Å². The normalized spacial score (nSPS) is 12.9. The molecule has 0 aliphatic heterocycles. The van der Waals surface area contributed by atoms with Crippen molar-refractivity contribution in [2.45, 2.75) is 31.8 Å². The maximum atomic E-state index is 11.9. The molecule has 0 unspecified atom stereocenters. The average Bonchev–Trinajstić information content (AvgIpc) is 2.70. The molecule has 1 rings (SSSR count). The molecule has 4 N–H and O–H groups in total. The van der Waals surface area contributed by atoms with E-state index in [4.69, 9.17) is 10.9 Å². The molecule has 1 heterocycles. The second-order valence-electron chi connectivity index (χ2n) is 3.65. The minimum Gasteiger partial charge on any atom is -0.409 e. The zero-order chi connectivity index (χ0) is 13.8. The largest absolute Gasteiger partial charge is 0.409 e. The molecule has 0 saturated heterocycles. The average molecular weight is 275 g/mol. The first-order chi connectivity index (χ1) is 8.40. The summed E-state index contributed by atoms with van der Waals surface area (Å²) in [6.07, 6.45) is 1.60. The van der Waals surface area contributed by atoms with Crippen LogP contribution >= 0.6 is 0 Å². The van der Waals surface area contributed by atoms with Gasteiger partial charge in [-0.05, 0) is 13.8 Å². The predicted octanol–water partition coefficient (Wildman–Crippen LogP) is -0.374. The van der Waals surface area contributed by atoms with E-state index in [9.17, 15) is 8.42 Å². The molecule has 1 aromatic rings. The summed E-state index contributed by atoms with van der Waals surface area (Å²) in [6.45, 7) is 4.34. The lowest BCUT2D eigenvalue weighted by Gasteiger charge is -2.02. The molecule has 0 aromatic carbocycles. The number of nitrogens with two attached hydrogens (primary N) is 1. The zero-order valence-corrected chi connectivity index (χ0v) is 11.1. The molecule has 102 valence electrons. The maximum absolute atomic E-state index is 11.9. The number of hydrogen-bond acceptors (Lipinski definition) is 5. The number of rotatable bonds is 6. The Hall–Kier alpha value is -1.61. The Morgan fingerprint density at radius 1 is 1.67 bits per heavy atom. The number of aryl methyl sites for hydroxylation is 2. The molecule has 1 aromatic heterocycles. The molecule has 0 atom stereocenters. The second-order valence-corrected chi connectivity index (χ2v) is 5.37. The number of nitrogens with one attached hydrogen (secondary N) is 1. The van der Waals surface area contributed by atoms with Crippen LogP contribution in [0.1, 0.15) is 19.2 Å². The molecular weight excluding hydrogens is 258 g/mol. The third-order valence-corrected chi connectivity index (χ3v) is 3.70. The lowest BCUT2D eigenvalue weighted by molar-refractivity contribution is 0.317. The van der Waals surface area contributed by atoms with Gasteiger partial charge in [0.05, 0.1) is 0 Å². The Morgan fingerprint density at radius 2 is 2.33 bits per heavy atom. The van der Waals surface area contributed by atoms with Crippen molar-refractivity contribution in [1.29, 1.82) is 0 Å². The van der Waals surface area contributed by atoms with Gasteiger partial charge >= 0.3 is 0 Å². The van der Waals surface area contributed by atoms with Crippen LogP contribution in [-0.4, -0.2) is 35.6 Å². The van der Waals surface area contributed by atoms with Crippen LogP contribution in [0.2, 0.25) is 0 Å². The Bertz CT molecular complexity index is 534. The van der Waals surface area contributed by atoms with Crippen LogP contribution < -0.4 is 10.5 Å². The van der Waals surface area contributed by atoms with Crippen molar-refractivity contribution in [2.75, 3.05) is 6.54 Å². The number of hydrogen-bond donors (Lipinski definition) is 3. The first-order valence-corrected chi connectivity index (χ1v) is 6.89. The summed E-state index contributed by atoms with van der Waals surface area (Å²) < 4.78 is 27.8. The van der Waals surface area contributed by atoms with Gasteiger partial charge in [-0.25, -0.2) is 18.1 Å². The Balaban J connectivity index is 2.74. The fourth-order valence-electron chi connectivity index (χ4n) is 1.37. The third kappa shape index (κ3) is 3.44. The van der Waals surface area contributed by atoms with Crippen LogP contribution in [0.15, 0.2) is 16.4 Å². The van der Waals surface area contributed by atoms with E-state index in [-0.39, 0.29) is 23.8 Å². The molecule has 0 radical (unpaired) electrons. The number of imidazole rings is 1. The molecule has 0 spiro atoms. The van der Waals surface area contributed by atoms with Gasteiger partial charge in [-0.1, -0.05) is 5.16 Å². The van der Waals surface area contributed by atoms with Crippen molar-refractivity contribution >= 4 is 15.9 Å². The smallest absolute Gasteiger partial charge is 0.259 e. The quantitative estimate of drug-likeness (QED) is 0.283. The Labute approximate surface area is 106 Å². The van der Waals surface area contributed by atoms with E-state index in [0.29, 0.717) is 12.4 Å². The first-order valence-electron chi connectivity index (χ1n) is 5.40. The molecule has 9 heteroatoms. The highest BCUT2D eigenvalue weighted by molar-refractivity contribution is 7.89. The summed E-state index contributed by atoms with van der Waals surface area (Å²) >= 11 is 0. The molecule has 0 amide bonds. The fourth-order valence-corrected chi connectivity index (χ4v) is 2.40. The lowest BCUT2D eigenvalue weighted by atomic mass is 10.4. The van der Waals surface area contributed by atoms with Gasteiger partial charge in [0.1, 0.15) is 11.7 Å². The van der Waals surface area contributed by atoms with E-state index in [0.717, 1.165) is 0 Å². The molecule has 0 saturated carbocycles. The molecule has 0 bridgehead atoms. The van der Waals surface area contributed by atoms with Gasteiger partial charge in [0.25, 0.3) is 10.0 Å². The minimum absolute atomic E-state index is 0.0265. The van der Waals surface area contributed by atoms with Crippen molar-refractivity contribution in [3.05, 3.63) is 12.0 Å². The van der Waals surface area contributed by atoms with E-state index in [1.807, 2.05) is 6.92 Å². The minimum atomic E-state index is -3.65. The summed E-state index contributed by atoms with van der Waals surface area (Å²) in [5.41, 5.74) is 5.24. The van der Waals surface area contributed by atoms with E-state index < -0.39 is 10.0 Å². The van der Waals surface area contributed by atoms with Crippen molar-refractivity contribution in [1.82, 2.24) is 14.3 Å². The van der Waals surface area contributed by atoms with Crippen LogP contribution in [0.25, 0.3) is 0 Å². The number of aromatic nitrogens is 2. The summed E-state index contributed by atoms with van der Waals surface area (Å²) in [6, 6.07) is 0. The number of sulfonamides is 1. The molecule has 18 heavy (non-hydrogen) atoms. The van der Waals surface area contributed by atoms with Crippen molar-refractivity contribution in [3.8, 4) is 0 Å². The van der Waals surface area contributed by atoms with E-state index >= 15 is 0 Å². The number of nitrogens with zero attached hydrogens (tertiary/aromatic N) is 3. The first kappa shape index (κ1) is 14.5. The topological polar surface area (TPSA) is 123 Å². The van der Waals surface area contributed by atoms with Gasteiger partial charge in [-0.15, -0.1) is 0 Å². The van der Waals surface area contributed by atoms with Gasteiger partial charge in [-0.2, -0.15) is 0 Å². The van der Waals surface area contributed by atoms with Gasteiger partial charge in [-0.3, -0.25) is 0 Å². The van der Waals surface area contributed by atoms with Crippen LogP contribution in [0, 0.1) is 6.92 Å². The third-order valence-electron chi connectivity index (χ3n) is 2.37. The highest BCUT2D eigenvalue weighted by Gasteiger charge is 2.18. The summed E-state index contributed by atoms with van der Waals surface area (Å²) in [7, 11) is -3.65. The van der Waals surface area contributed by atoms with Crippen LogP contribution in [0.4, 0.5) is 0 Å². The zero-order valence-electron chi connectivity index (χ0n) is 10.3. The van der Waals surface area contributed by atoms with Crippen LogP contribution in [-0.2, 0) is 16.6 Å². The van der Waals surface area contributed by atoms with Crippen molar-refractivity contribution in [2.24, 2.45) is 10.9 Å². The standard InChI is InChI=1S/C9H17N5O3S/c1-3-14-6-9(12-7(14)2)18(16,17)11-5-4-8(10)13-15/h6,11,15H,3-5H2,1-2H3,(H2,10,13). The summed E-state index contributed by atoms with van der Waals surface area (Å²) in [5.74, 6) is 0.599. The molecule has 8 nitrogen and oxygen atoms in total. The van der Waals surface area contributed by atoms with Crippen molar-refractivity contribution in [3.63, 3.8) is 0 Å². The van der Waals surface area contributed by atoms with Gasteiger partial charge < -0.3 is 15.5 Å². The van der Waals surface area contributed by atoms with E-state index in [2.05, 4.69) is 14.9 Å². The summed E-state index contributed by atoms with van der Waals surface area (Å²) in [5, 5.41) is 11.0.